The zero-order valence-corrected chi connectivity index (χ0v) is 15.9. The van der Waals surface area contributed by atoms with Crippen molar-refractivity contribution < 1.29 is 9.53 Å². The first-order chi connectivity index (χ1) is 12.9. The van der Waals surface area contributed by atoms with Crippen molar-refractivity contribution in [3.8, 4) is 5.75 Å². The van der Waals surface area contributed by atoms with Crippen LogP contribution in [0, 0.1) is 6.92 Å². The van der Waals surface area contributed by atoms with E-state index in [0.29, 0.717) is 36.6 Å². The van der Waals surface area contributed by atoms with Crippen LogP contribution in [0.1, 0.15) is 28.0 Å². The molecule has 1 fully saturated rings. The number of rotatable bonds is 5. The highest BCUT2D eigenvalue weighted by atomic mass is 16.5. The van der Waals surface area contributed by atoms with Crippen LogP contribution in [0.15, 0.2) is 29.1 Å². The molecule has 27 heavy (non-hydrogen) atoms. The number of anilines is 1. The molecule has 0 bridgehead atoms. The summed E-state index contributed by atoms with van der Waals surface area (Å²) in [4.78, 5) is 34.9. The molecule has 144 valence electrons. The van der Waals surface area contributed by atoms with Crippen molar-refractivity contribution >= 4 is 11.9 Å². The summed E-state index contributed by atoms with van der Waals surface area (Å²) in [6.07, 6.45) is 0.865. The second-order valence-electron chi connectivity index (χ2n) is 6.92. The minimum absolute atomic E-state index is 0.00252. The summed E-state index contributed by atoms with van der Waals surface area (Å²) in [6.45, 7) is 3.77. The summed E-state index contributed by atoms with van der Waals surface area (Å²) in [7, 11) is 3.57. The standard InChI is InChI=1S/C19H25N5O3/c1-12-4-5-13(8-16(12)27-3)18(26)24-7-6-15(11-24)23(2)10-14-9-17(25)22-19(20)21-14/h4-5,8-9,15H,6-7,10-11H2,1-3H3,(H3,20,21,22,25)/t15-/m1/s1. The van der Waals surface area contributed by atoms with Gasteiger partial charge in [0.15, 0.2) is 0 Å². The summed E-state index contributed by atoms with van der Waals surface area (Å²) in [5.41, 5.74) is 7.58. The Bertz CT molecular complexity index is 895. The van der Waals surface area contributed by atoms with Gasteiger partial charge in [-0.3, -0.25) is 19.5 Å². The lowest BCUT2D eigenvalue weighted by Gasteiger charge is -2.24. The number of nitrogens with two attached hydrogens (primary N) is 1. The number of methoxy groups -OCH3 is 1. The molecule has 1 aliphatic rings. The molecule has 1 aromatic carbocycles. The van der Waals surface area contributed by atoms with Gasteiger partial charge in [0.2, 0.25) is 5.95 Å². The molecule has 3 rings (SSSR count). The highest BCUT2D eigenvalue weighted by Gasteiger charge is 2.29. The van der Waals surface area contributed by atoms with Gasteiger partial charge in [-0.2, -0.15) is 0 Å². The molecule has 0 spiro atoms. The third-order valence-electron chi connectivity index (χ3n) is 4.95. The van der Waals surface area contributed by atoms with Crippen molar-refractivity contribution in [1.82, 2.24) is 19.8 Å². The molecule has 3 N–H and O–H groups in total. The number of hydrogen-bond acceptors (Lipinski definition) is 6. The number of aromatic amines is 1. The van der Waals surface area contributed by atoms with Crippen molar-refractivity contribution in [3.05, 3.63) is 51.4 Å². The van der Waals surface area contributed by atoms with E-state index in [4.69, 9.17) is 10.5 Å². The van der Waals surface area contributed by atoms with Crippen LogP contribution < -0.4 is 16.0 Å². The molecule has 2 aromatic rings. The normalized spacial score (nSPS) is 16.7. The second-order valence-corrected chi connectivity index (χ2v) is 6.92. The van der Waals surface area contributed by atoms with E-state index in [2.05, 4.69) is 14.9 Å². The molecule has 0 saturated carbocycles. The van der Waals surface area contributed by atoms with E-state index in [1.54, 1.807) is 13.2 Å². The van der Waals surface area contributed by atoms with Crippen LogP contribution in [0.5, 0.6) is 5.75 Å². The number of carbonyl (C=O) groups excluding carboxylic acids is 1. The van der Waals surface area contributed by atoms with E-state index < -0.39 is 0 Å². The maximum Gasteiger partial charge on any atom is 0.254 e. The zero-order valence-electron chi connectivity index (χ0n) is 15.9. The molecule has 0 aliphatic carbocycles. The Morgan fingerprint density at radius 2 is 2.22 bits per heavy atom. The molecule has 1 saturated heterocycles. The Hall–Kier alpha value is -2.87. The summed E-state index contributed by atoms with van der Waals surface area (Å²) in [5, 5.41) is 0. The van der Waals surface area contributed by atoms with Gasteiger partial charge in [0.25, 0.3) is 11.5 Å². The van der Waals surface area contributed by atoms with Crippen LogP contribution in [0.2, 0.25) is 0 Å². The molecule has 8 heteroatoms. The van der Waals surface area contributed by atoms with Crippen molar-refractivity contribution in [2.45, 2.75) is 25.9 Å². The number of nitrogens with zero attached hydrogens (tertiary/aromatic N) is 3. The topological polar surface area (TPSA) is 105 Å². The number of benzene rings is 1. The van der Waals surface area contributed by atoms with Gasteiger partial charge < -0.3 is 15.4 Å². The van der Waals surface area contributed by atoms with E-state index in [9.17, 15) is 9.59 Å². The van der Waals surface area contributed by atoms with Gasteiger partial charge in [-0.15, -0.1) is 0 Å². The maximum absolute atomic E-state index is 12.8. The Kier molecular flexibility index (Phi) is 5.46. The van der Waals surface area contributed by atoms with Gasteiger partial charge in [-0.05, 0) is 38.1 Å². The van der Waals surface area contributed by atoms with Crippen LogP contribution in [-0.2, 0) is 6.54 Å². The van der Waals surface area contributed by atoms with Crippen molar-refractivity contribution in [1.29, 1.82) is 0 Å². The molecule has 1 aliphatic heterocycles. The average Bonchev–Trinajstić information content (AvgIpc) is 3.11. The number of likely N-dealkylation sites (tertiary alicyclic amines) is 1. The van der Waals surface area contributed by atoms with E-state index in [0.717, 1.165) is 12.0 Å². The van der Waals surface area contributed by atoms with E-state index in [-0.39, 0.29) is 23.5 Å². The number of aromatic nitrogens is 2. The third-order valence-corrected chi connectivity index (χ3v) is 4.95. The molecule has 0 radical (unpaired) electrons. The SMILES string of the molecule is COc1cc(C(=O)N2CC[C@@H](N(C)Cc3cc(=O)[nH]c(N)n3)C2)ccc1C. The summed E-state index contributed by atoms with van der Waals surface area (Å²) in [5.74, 6) is 0.830. The first-order valence-corrected chi connectivity index (χ1v) is 8.87. The predicted molar refractivity (Wildman–Crippen MR) is 103 cm³/mol. The first kappa shape index (κ1) is 18.9. The highest BCUT2D eigenvalue weighted by molar-refractivity contribution is 5.95. The molecular weight excluding hydrogens is 346 g/mol. The Labute approximate surface area is 158 Å². The van der Waals surface area contributed by atoms with Crippen molar-refractivity contribution in [2.75, 3.05) is 33.0 Å². The minimum atomic E-state index is -0.262. The lowest BCUT2D eigenvalue weighted by atomic mass is 10.1. The number of amides is 1. The molecule has 1 atom stereocenters. The lowest BCUT2D eigenvalue weighted by Crippen LogP contribution is -2.36. The lowest BCUT2D eigenvalue weighted by molar-refractivity contribution is 0.0779. The summed E-state index contributed by atoms with van der Waals surface area (Å²) in [6, 6.07) is 7.17. The number of aryl methyl sites for hydroxylation is 1. The Balaban J connectivity index is 1.65. The van der Waals surface area contributed by atoms with E-state index in [1.807, 2.05) is 31.0 Å². The number of likely N-dealkylation sites (N-methyl/N-ethyl adjacent to an activating group) is 1. The van der Waals surface area contributed by atoms with Gasteiger partial charge in [0, 0.05) is 37.3 Å². The first-order valence-electron chi connectivity index (χ1n) is 8.87. The largest absolute Gasteiger partial charge is 0.496 e. The number of ether oxygens (including phenoxy) is 1. The summed E-state index contributed by atoms with van der Waals surface area (Å²) >= 11 is 0. The van der Waals surface area contributed by atoms with Gasteiger partial charge >= 0.3 is 0 Å². The van der Waals surface area contributed by atoms with Crippen LogP contribution in [0.3, 0.4) is 0 Å². The minimum Gasteiger partial charge on any atom is -0.496 e. The fourth-order valence-corrected chi connectivity index (χ4v) is 3.42. The number of hydrogen-bond donors (Lipinski definition) is 2. The highest BCUT2D eigenvalue weighted by Crippen LogP contribution is 2.23. The quantitative estimate of drug-likeness (QED) is 0.813. The Morgan fingerprint density at radius 3 is 2.93 bits per heavy atom. The molecule has 8 nitrogen and oxygen atoms in total. The molecular formula is C19H25N5O3. The molecule has 0 unspecified atom stereocenters. The van der Waals surface area contributed by atoms with Crippen molar-refractivity contribution in [2.24, 2.45) is 0 Å². The van der Waals surface area contributed by atoms with Gasteiger partial charge in [-0.1, -0.05) is 6.07 Å². The van der Waals surface area contributed by atoms with Gasteiger partial charge in [0.1, 0.15) is 5.75 Å². The monoisotopic (exact) mass is 371 g/mol. The van der Waals surface area contributed by atoms with Crippen LogP contribution in [-0.4, -0.2) is 59.0 Å². The third kappa shape index (κ3) is 4.28. The van der Waals surface area contributed by atoms with Gasteiger partial charge in [0.05, 0.1) is 12.8 Å². The maximum atomic E-state index is 12.8. The number of nitrogens with one attached hydrogen (secondary N) is 1. The number of carbonyl (C=O) groups is 1. The van der Waals surface area contributed by atoms with Crippen LogP contribution in [0.4, 0.5) is 5.95 Å². The fourth-order valence-electron chi connectivity index (χ4n) is 3.42. The molecule has 1 aromatic heterocycles. The fraction of sp³-hybridized carbons (Fsp3) is 0.421. The Morgan fingerprint density at radius 1 is 1.44 bits per heavy atom. The van der Waals surface area contributed by atoms with Gasteiger partial charge in [-0.25, -0.2) is 4.98 Å². The van der Waals surface area contributed by atoms with E-state index >= 15 is 0 Å². The molecule has 1 amide bonds. The second kappa shape index (κ2) is 7.79. The van der Waals surface area contributed by atoms with Crippen LogP contribution >= 0.6 is 0 Å². The molecule has 2 heterocycles. The zero-order chi connectivity index (χ0) is 19.6. The predicted octanol–water partition coefficient (Wildman–Crippen LogP) is 1.02. The van der Waals surface area contributed by atoms with E-state index in [1.165, 1.54) is 6.07 Å². The smallest absolute Gasteiger partial charge is 0.254 e. The number of nitrogen functional groups attached to an aromatic ring is 1. The average molecular weight is 371 g/mol. The number of H-pyrrole nitrogens is 1. The summed E-state index contributed by atoms with van der Waals surface area (Å²) < 4.78 is 5.32. The van der Waals surface area contributed by atoms with Crippen molar-refractivity contribution in [3.63, 3.8) is 0 Å². The van der Waals surface area contributed by atoms with Crippen LogP contribution in [0.25, 0.3) is 0 Å².